The molecule has 7 heteroatoms. The van der Waals surface area contributed by atoms with Gasteiger partial charge >= 0.3 is 0 Å². The van der Waals surface area contributed by atoms with Crippen LogP contribution in [-0.2, 0) is 16.0 Å². The highest BCUT2D eigenvalue weighted by Crippen LogP contribution is 2.23. The molecule has 1 unspecified atom stereocenters. The first-order chi connectivity index (χ1) is 8.93. The van der Waals surface area contributed by atoms with E-state index in [9.17, 15) is 9.59 Å². The van der Waals surface area contributed by atoms with Crippen LogP contribution in [0.25, 0.3) is 0 Å². The summed E-state index contributed by atoms with van der Waals surface area (Å²) in [6, 6.07) is -0.577. The van der Waals surface area contributed by atoms with Crippen LogP contribution >= 0.6 is 11.6 Å². The van der Waals surface area contributed by atoms with Gasteiger partial charge in [-0.3, -0.25) is 14.5 Å². The fourth-order valence-electron chi connectivity index (χ4n) is 1.86. The average molecular weight is 283 g/mol. The van der Waals surface area contributed by atoms with Crippen LogP contribution in [0, 0.1) is 6.92 Å². The van der Waals surface area contributed by atoms with Gasteiger partial charge in [0.05, 0.1) is 6.42 Å². The monoisotopic (exact) mass is 282 g/mol. The summed E-state index contributed by atoms with van der Waals surface area (Å²) in [4.78, 5) is 32.9. The van der Waals surface area contributed by atoms with Crippen LogP contribution < -0.4 is 5.32 Å². The van der Waals surface area contributed by atoms with Crippen LogP contribution in [0.4, 0.5) is 5.82 Å². The molecular weight excluding hydrogens is 268 g/mol. The van der Waals surface area contributed by atoms with E-state index in [1.165, 1.54) is 7.05 Å². The van der Waals surface area contributed by atoms with Crippen molar-refractivity contribution in [1.82, 2.24) is 14.9 Å². The number of hydrogen-bond donors (Lipinski definition) is 1. The van der Waals surface area contributed by atoms with Crippen molar-refractivity contribution in [2.24, 2.45) is 0 Å². The molecule has 1 N–H and O–H groups in total. The molecule has 1 atom stereocenters. The SMILES string of the molecule is CCc1nc(Cl)c(C)c(NC2CC(=O)N(C)C2=O)n1. The summed E-state index contributed by atoms with van der Waals surface area (Å²) in [6.07, 6.45) is 0.782. The van der Waals surface area contributed by atoms with Gasteiger partial charge in [-0.2, -0.15) is 0 Å². The van der Waals surface area contributed by atoms with E-state index in [1.807, 2.05) is 6.92 Å². The summed E-state index contributed by atoms with van der Waals surface area (Å²) in [5.41, 5.74) is 0.675. The zero-order chi connectivity index (χ0) is 14.2. The normalized spacial score (nSPS) is 19.2. The number of likely N-dealkylation sites (N-methyl/N-ethyl adjacent to an activating group) is 1. The van der Waals surface area contributed by atoms with Crippen molar-refractivity contribution in [3.8, 4) is 0 Å². The number of hydrogen-bond acceptors (Lipinski definition) is 5. The Hall–Kier alpha value is -1.69. The molecule has 2 amide bonds. The first-order valence-corrected chi connectivity index (χ1v) is 6.41. The van der Waals surface area contributed by atoms with E-state index < -0.39 is 6.04 Å². The molecular formula is C12H15ClN4O2. The lowest BCUT2D eigenvalue weighted by molar-refractivity contribution is -0.136. The molecule has 6 nitrogen and oxygen atoms in total. The number of halogens is 1. The smallest absolute Gasteiger partial charge is 0.251 e. The summed E-state index contributed by atoms with van der Waals surface area (Å²) in [7, 11) is 1.48. The number of rotatable bonds is 3. The van der Waals surface area contributed by atoms with Crippen LogP contribution in [-0.4, -0.2) is 39.8 Å². The number of aryl methyl sites for hydroxylation is 1. The minimum Gasteiger partial charge on any atom is -0.358 e. The van der Waals surface area contributed by atoms with E-state index in [2.05, 4.69) is 15.3 Å². The van der Waals surface area contributed by atoms with Gasteiger partial charge in [-0.15, -0.1) is 0 Å². The summed E-state index contributed by atoms with van der Waals surface area (Å²) >= 11 is 6.02. The van der Waals surface area contributed by atoms with Gasteiger partial charge < -0.3 is 5.32 Å². The van der Waals surface area contributed by atoms with Crippen molar-refractivity contribution in [2.45, 2.75) is 32.7 Å². The first kappa shape index (κ1) is 13.7. The Kier molecular flexibility index (Phi) is 3.71. The maximum atomic E-state index is 11.8. The van der Waals surface area contributed by atoms with Crippen LogP contribution in [0.15, 0.2) is 0 Å². The number of carbonyl (C=O) groups excluding carboxylic acids is 2. The third kappa shape index (κ3) is 2.53. The molecule has 0 radical (unpaired) electrons. The van der Waals surface area contributed by atoms with Gasteiger partial charge in [0.1, 0.15) is 22.8 Å². The van der Waals surface area contributed by atoms with E-state index in [-0.39, 0.29) is 18.2 Å². The molecule has 0 aromatic carbocycles. The van der Waals surface area contributed by atoms with Gasteiger partial charge in [0.15, 0.2) is 0 Å². The van der Waals surface area contributed by atoms with Crippen molar-refractivity contribution in [1.29, 1.82) is 0 Å². The number of nitrogens with one attached hydrogen (secondary N) is 1. The highest BCUT2D eigenvalue weighted by Gasteiger charge is 2.36. The molecule has 0 aliphatic carbocycles. The fraction of sp³-hybridized carbons (Fsp3) is 0.500. The number of likely N-dealkylation sites (tertiary alicyclic amines) is 1. The topological polar surface area (TPSA) is 75.2 Å². The van der Waals surface area contributed by atoms with Crippen molar-refractivity contribution >= 4 is 29.2 Å². The van der Waals surface area contributed by atoms with E-state index in [1.54, 1.807) is 6.92 Å². The molecule has 1 saturated heterocycles. The standard InChI is InChI=1S/C12H15ClN4O2/c1-4-8-15-10(13)6(2)11(16-8)14-7-5-9(18)17(3)12(7)19/h7H,4-5H2,1-3H3,(H,14,15,16). The van der Waals surface area contributed by atoms with E-state index in [0.29, 0.717) is 28.8 Å². The summed E-state index contributed by atoms with van der Waals surface area (Å²) in [5, 5.41) is 3.35. The molecule has 2 heterocycles. The summed E-state index contributed by atoms with van der Waals surface area (Å²) in [6.45, 7) is 3.69. The zero-order valence-corrected chi connectivity index (χ0v) is 11.8. The zero-order valence-electron chi connectivity index (χ0n) is 11.0. The Morgan fingerprint density at radius 3 is 2.63 bits per heavy atom. The maximum Gasteiger partial charge on any atom is 0.251 e. The predicted molar refractivity (Wildman–Crippen MR) is 71.0 cm³/mol. The van der Waals surface area contributed by atoms with Gasteiger partial charge in [-0.25, -0.2) is 9.97 Å². The molecule has 0 spiro atoms. The second-order valence-corrected chi connectivity index (χ2v) is 4.81. The second kappa shape index (κ2) is 5.13. The first-order valence-electron chi connectivity index (χ1n) is 6.04. The lowest BCUT2D eigenvalue weighted by Crippen LogP contribution is -2.32. The molecule has 0 bridgehead atoms. The van der Waals surface area contributed by atoms with Crippen molar-refractivity contribution in [3.05, 3.63) is 16.5 Å². The number of imide groups is 1. The molecule has 1 aromatic heterocycles. The molecule has 1 aliphatic heterocycles. The summed E-state index contributed by atoms with van der Waals surface area (Å²) < 4.78 is 0. The lowest BCUT2D eigenvalue weighted by Gasteiger charge is -2.14. The second-order valence-electron chi connectivity index (χ2n) is 4.45. The molecule has 1 aliphatic rings. The summed E-state index contributed by atoms with van der Waals surface area (Å²) in [5.74, 6) is 0.662. The molecule has 102 valence electrons. The Morgan fingerprint density at radius 1 is 1.42 bits per heavy atom. The number of anilines is 1. The molecule has 1 fully saturated rings. The highest BCUT2D eigenvalue weighted by molar-refractivity contribution is 6.30. The van der Waals surface area contributed by atoms with E-state index in [0.717, 1.165) is 4.90 Å². The van der Waals surface area contributed by atoms with E-state index in [4.69, 9.17) is 11.6 Å². The van der Waals surface area contributed by atoms with Gasteiger partial charge in [0.2, 0.25) is 5.91 Å². The van der Waals surface area contributed by atoms with Crippen molar-refractivity contribution in [3.63, 3.8) is 0 Å². The number of aromatic nitrogens is 2. The predicted octanol–water partition coefficient (Wildman–Crippen LogP) is 1.17. The van der Waals surface area contributed by atoms with Gasteiger partial charge in [0.25, 0.3) is 5.91 Å². The van der Waals surface area contributed by atoms with Crippen molar-refractivity contribution < 1.29 is 9.59 Å². The number of nitrogens with zero attached hydrogens (tertiary/aromatic N) is 3. The maximum absolute atomic E-state index is 11.8. The Balaban J connectivity index is 2.27. The lowest BCUT2D eigenvalue weighted by atomic mass is 10.2. The highest BCUT2D eigenvalue weighted by atomic mass is 35.5. The quantitative estimate of drug-likeness (QED) is 0.665. The molecule has 1 aromatic rings. The fourth-order valence-corrected chi connectivity index (χ4v) is 2.05. The molecule has 0 saturated carbocycles. The van der Waals surface area contributed by atoms with Gasteiger partial charge in [-0.1, -0.05) is 18.5 Å². The third-order valence-electron chi connectivity index (χ3n) is 3.14. The minimum atomic E-state index is -0.577. The number of amides is 2. The van der Waals surface area contributed by atoms with Crippen molar-refractivity contribution in [2.75, 3.05) is 12.4 Å². The largest absolute Gasteiger partial charge is 0.358 e. The van der Waals surface area contributed by atoms with Gasteiger partial charge in [0, 0.05) is 19.0 Å². The Bertz CT molecular complexity index is 547. The molecule has 19 heavy (non-hydrogen) atoms. The van der Waals surface area contributed by atoms with Gasteiger partial charge in [-0.05, 0) is 6.92 Å². The average Bonchev–Trinajstić information content (AvgIpc) is 2.62. The van der Waals surface area contributed by atoms with Crippen LogP contribution in [0.3, 0.4) is 0 Å². The Labute approximate surface area is 116 Å². The Morgan fingerprint density at radius 2 is 2.11 bits per heavy atom. The molecule has 2 rings (SSSR count). The number of carbonyl (C=O) groups is 2. The van der Waals surface area contributed by atoms with E-state index >= 15 is 0 Å². The third-order valence-corrected chi connectivity index (χ3v) is 3.51. The van der Waals surface area contributed by atoms with Crippen LogP contribution in [0.1, 0.15) is 24.7 Å². The van der Waals surface area contributed by atoms with Crippen LogP contribution in [0.2, 0.25) is 5.15 Å². The minimum absolute atomic E-state index is 0.137. The van der Waals surface area contributed by atoms with Crippen LogP contribution in [0.5, 0.6) is 0 Å².